The molecule has 1 aliphatic heterocycles. The number of pyridine rings is 1. The van der Waals surface area contributed by atoms with Crippen LogP contribution in [0.25, 0.3) is 0 Å². The first-order chi connectivity index (χ1) is 13.0. The van der Waals surface area contributed by atoms with Gasteiger partial charge >= 0.3 is 5.97 Å². The summed E-state index contributed by atoms with van der Waals surface area (Å²) in [5, 5.41) is 9.98. The molecule has 7 heteroatoms. The fourth-order valence-corrected chi connectivity index (χ4v) is 3.62. The highest BCUT2D eigenvalue weighted by Crippen LogP contribution is 2.38. The van der Waals surface area contributed by atoms with Crippen LogP contribution in [0, 0.1) is 6.92 Å². The number of rotatable bonds is 6. The number of ether oxygens (including phenoxy) is 2. The van der Waals surface area contributed by atoms with Crippen molar-refractivity contribution >= 4 is 11.7 Å². The van der Waals surface area contributed by atoms with Crippen molar-refractivity contribution in [3.8, 4) is 11.5 Å². The van der Waals surface area contributed by atoms with Crippen LogP contribution in [0.5, 0.6) is 11.5 Å². The summed E-state index contributed by atoms with van der Waals surface area (Å²) in [6, 6.07) is 6.88. The predicted octanol–water partition coefficient (Wildman–Crippen LogP) is 2.36. The molecule has 1 N–H and O–H groups in total. The molecule has 0 radical (unpaired) electrons. The molecule has 0 unspecified atom stereocenters. The van der Waals surface area contributed by atoms with Crippen LogP contribution in [0.4, 0.5) is 5.69 Å². The summed E-state index contributed by atoms with van der Waals surface area (Å²) in [6.07, 6.45) is 3.54. The van der Waals surface area contributed by atoms with Crippen molar-refractivity contribution in [3.63, 3.8) is 0 Å². The normalized spacial score (nSPS) is 16.0. The number of aliphatic carboxylic acids is 1. The number of aromatic nitrogens is 1. The summed E-state index contributed by atoms with van der Waals surface area (Å²) < 4.78 is 10.9. The van der Waals surface area contributed by atoms with Crippen molar-refractivity contribution in [3.05, 3.63) is 47.8 Å². The Bertz CT molecular complexity index is 789. The van der Waals surface area contributed by atoms with E-state index in [1.165, 1.54) is 7.11 Å². The second-order valence-electron chi connectivity index (χ2n) is 6.56. The molecule has 1 fully saturated rings. The molecule has 1 atom stereocenters. The van der Waals surface area contributed by atoms with Crippen LogP contribution in [-0.2, 0) is 4.79 Å². The molecule has 1 aromatic carbocycles. The molecule has 0 bridgehead atoms. The van der Waals surface area contributed by atoms with Crippen LogP contribution in [-0.4, -0.2) is 61.4 Å². The van der Waals surface area contributed by atoms with Crippen LogP contribution in [0.3, 0.4) is 0 Å². The van der Waals surface area contributed by atoms with Crippen molar-refractivity contribution in [2.24, 2.45) is 0 Å². The van der Waals surface area contributed by atoms with Crippen LogP contribution in [0.2, 0.25) is 0 Å². The monoisotopic (exact) mass is 371 g/mol. The number of hydrogen-bond acceptors (Lipinski definition) is 6. The summed E-state index contributed by atoms with van der Waals surface area (Å²) in [6.45, 7) is 4.70. The molecule has 144 valence electrons. The Morgan fingerprint density at radius 3 is 2.33 bits per heavy atom. The molecule has 1 saturated heterocycles. The van der Waals surface area contributed by atoms with Crippen LogP contribution in [0.1, 0.15) is 17.2 Å². The van der Waals surface area contributed by atoms with Gasteiger partial charge in [-0.2, -0.15) is 0 Å². The molecule has 0 saturated carbocycles. The van der Waals surface area contributed by atoms with E-state index in [4.69, 9.17) is 9.47 Å². The minimum absolute atomic E-state index is 0.479. The Labute approximate surface area is 159 Å². The van der Waals surface area contributed by atoms with Gasteiger partial charge in [0.1, 0.15) is 6.04 Å². The number of benzene rings is 1. The Balaban J connectivity index is 1.86. The molecule has 1 aliphatic rings. The number of methoxy groups -OCH3 is 2. The van der Waals surface area contributed by atoms with E-state index in [1.54, 1.807) is 19.5 Å². The lowest BCUT2D eigenvalue weighted by Gasteiger charge is -2.39. The fraction of sp³-hybridized carbons (Fsp3) is 0.400. The van der Waals surface area contributed by atoms with Gasteiger partial charge < -0.3 is 19.5 Å². The third kappa shape index (κ3) is 3.98. The first kappa shape index (κ1) is 19.0. The van der Waals surface area contributed by atoms with E-state index in [0.29, 0.717) is 30.2 Å². The molecule has 0 amide bonds. The maximum atomic E-state index is 12.2. The first-order valence-electron chi connectivity index (χ1n) is 8.89. The number of piperazine rings is 1. The lowest BCUT2D eigenvalue weighted by molar-refractivity contribution is -0.143. The topological polar surface area (TPSA) is 75.1 Å². The van der Waals surface area contributed by atoms with E-state index in [2.05, 4.69) is 9.88 Å². The molecule has 7 nitrogen and oxygen atoms in total. The number of carbonyl (C=O) groups is 1. The van der Waals surface area contributed by atoms with Gasteiger partial charge in [0.25, 0.3) is 0 Å². The quantitative estimate of drug-likeness (QED) is 0.835. The average molecular weight is 371 g/mol. The largest absolute Gasteiger partial charge is 0.493 e. The number of anilines is 1. The van der Waals surface area contributed by atoms with Gasteiger partial charge in [-0.25, -0.2) is 0 Å². The smallest absolute Gasteiger partial charge is 0.325 e. The van der Waals surface area contributed by atoms with Gasteiger partial charge in [0.2, 0.25) is 0 Å². The highest BCUT2D eigenvalue weighted by molar-refractivity contribution is 5.77. The third-order valence-corrected chi connectivity index (χ3v) is 4.89. The second kappa shape index (κ2) is 8.26. The lowest BCUT2D eigenvalue weighted by atomic mass is 10.00. The van der Waals surface area contributed by atoms with Crippen molar-refractivity contribution in [1.82, 2.24) is 9.88 Å². The van der Waals surface area contributed by atoms with Crippen LogP contribution < -0.4 is 14.4 Å². The number of nitrogens with zero attached hydrogens (tertiary/aromatic N) is 3. The number of hydrogen-bond donors (Lipinski definition) is 1. The van der Waals surface area contributed by atoms with Gasteiger partial charge in [0, 0.05) is 49.8 Å². The van der Waals surface area contributed by atoms with Gasteiger partial charge in [0.15, 0.2) is 11.5 Å². The van der Waals surface area contributed by atoms with Crippen molar-refractivity contribution in [2.75, 3.05) is 45.3 Å². The summed E-state index contributed by atoms with van der Waals surface area (Å²) >= 11 is 0. The van der Waals surface area contributed by atoms with Gasteiger partial charge in [-0.3, -0.25) is 14.7 Å². The number of carboxylic acid groups (broad SMARTS) is 1. The van der Waals surface area contributed by atoms with E-state index in [9.17, 15) is 9.90 Å². The van der Waals surface area contributed by atoms with Crippen LogP contribution in [0.15, 0.2) is 36.7 Å². The zero-order valence-corrected chi connectivity index (χ0v) is 15.9. The van der Waals surface area contributed by atoms with Crippen molar-refractivity contribution in [2.45, 2.75) is 13.0 Å². The van der Waals surface area contributed by atoms with E-state index in [1.807, 2.05) is 36.1 Å². The Kier molecular flexibility index (Phi) is 5.81. The molecule has 2 aromatic rings. The van der Waals surface area contributed by atoms with E-state index >= 15 is 0 Å². The molecule has 0 spiro atoms. The fourth-order valence-electron chi connectivity index (χ4n) is 3.62. The molecular weight excluding hydrogens is 346 g/mol. The summed E-state index contributed by atoms with van der Waals surface area (Å²) in [5.74, 6) is 0.138. The summed E-state index contributed by atoms with van der Waals surface area (Å²) in [5.41, 5.74) is 2.66. The van der Waals surface area contributed by atoms with E-state index in [-0.39, 0.29) is 0 Å². The summed E-state index contributed by atoms with van der Waals surface area (Å²) in [7, 11) is 3.10. The molecule has 2 heterocycles. The first-order valence-corrected chi connectivity index (χ1v) is 8.89. The molecular formula is C20H25N3O4. The maximum Gasteiger partial charge on any atom is 0.325 e. The van der Waals surface area contributed by atoms with Gasteiger partial charge in [-0.15, -0.1) is 0 Å². The molecule has 3 rings (SSSR count). The highest BCUT2D eigenvalue weighted by Gasteiger charge is 2.33. The number of aryl methyl sites for hydroxylation is 1. The molecule has 1 aromatic heterocycles. The highest BCUT2D eigenvalue weighted by atomic mass is 16.5. The zero-order chi connectivity index (χ0) is 19.4. The van der Waals surface area contributed by atoms with Crippen molar-refractivity contribution < 1.29 is 19.4 Å². The summed E-state index contributed by atoms with van der Waals surface area (Å²) in [4.78, 5) is 20.4. The Morgan fingerprint density at radius 1 is 1.11 bits per heavy atom. The Hall–Kier alpha value is -2.80. The van der Waals surface area contributed by atoms with Gasteiger partial charge in [0.05, 0.1) is 14.2 Å². The second-order valence-corrected chi connectivity index (χ2v) is 6.56. The SMILES string of the molecule is COc1cc(C)cc([C@H](C(=O)O)N2CCN(c3ccncc3)CC2)c1OC. The zero-order valence-electron chi connectivity index (χ0n) is 15.9. The number of carboxylic acids is 1. The van der Waals surface area contributed by atoms with E-state index < -0.39 is 12.0 Å². The molecule has 0 aliphatic carbocycles. The van der Waals surface area contributed by atoms with E-state index in [0.717, 1.165) is 24.3 Å². The van der Waals surface area contributed by atoms with Crippen LogP contribution >= 0.6 is 0 Å². The van der Waals surface area contributed by atoms with Crippen molar-refractivity contribution in [1.29, 1.82) is 0 Å². The third-order valence-electron chi connectivity index (χ3n) is 4.89. The maximum absolute atomic E-state index is 12.2. The minimum atomic E-state index is -0.890. The predicted molar refractivity (Wildman–Crippen MR) is 103 cm³/mol. The van der Waals surface area contributed by atoms with Gasteiger partial charge in [-0.1, -0.05) is 0 Å². The lowest BCUT2D eigenvalue weighted by Crippen LogP contribution is -2.49. The van der Waals surface area contributed by atoms with Gasteiger partial charge in [-0.05, 0) is 36.8 Å². The Morgan fingerprint density at radius 2 is 1.78 bits per heavy atom. The standard InChI is InChI=1S/C20H25N3O4/c1-14-12-16(19(27-3)17(13-14)26-2)18(20(24)25)23-10-8-22(9-11-23)15-4-6-21-7-5-15/h4-7,12-13,18H,8-11H2,1-3H3,(H,24,25)/t18-/m1/s1. The minimum Gasteiger partial charge on any atom is -0.493 e. The average Bonchev–Trinajstić information content (AvgIpc) is 2.68. The molecule has 27 heavy (non-hydrogen) atoms.